The Morgan fingerprint density at radius 1 is 1.44 bits per heavy atom. The number of amides is 2. The van der Waals surface area contributed by atoms with Crippen molar-refractivity contribution in [1.29, 1.82) is 0 Å². The monoisotopic (exact) mass is 370 g/mol. The molecule has 0 saturated carbocycles. The Kier molecular flexibility index (Phi) is 6.11. The molecule has 0 radical (unpaired) electrons. The van der Waals surface area contributed by atoms with Gasteiger partial charge in [-0.2, -0.15) is 5.10 Å². The van der Waals surface area contributed by atoms with Crippen LogP contribution in [0.1, 0.15) is 36.9 Å². The van der Waals surface area contributed by atoms with Gasteiger partial charge < -0.3 is 4.90 Å². The maximum Gasteiger partial charge on any atom is 0.322 e. The number of likely N-dealkylation sites (tertiary alicyclic amines) is 1. The van der Waals surface area contributed by atoms with Gasteiger partial charge in [-0.1, -0.05) is 6.92 Å². The normalized spacial score (nSPS) is 20.4. The molecule has 1 aliphatic heterocycles. The summed E-state index contributed by atoms with van der Waals surface area (Å²) >= 11 is 0. The van der Waals surface area contributed by atoms with Crippen LogP contribution < -0.4 is 5.32 Å². The second-order valence-corrected chi connectivity index (χ2v) is 7.45. The third-order valence-corrected chi connectivity index (χ3v) is 5.34. The summed E-state index contributed by atoms with van der Waals surface area (Å²) in [6.45, 7) is 6.98. The average molecular weight is 371 g/mol. The number of nitrogens with one attached hydrogen (secondary N) is 1. The third-order valence-electron chi connectivity index (χ3n) is 5.34. The van der Waals surface area contributed by atoms with Crippen LogP contribution in [0.5, 0.6) is 0 Å². The van der Waals surface area contributed by atoms with Crippen LogP contribution in [-0.2, 0) is 7.05 Å². The average Bonchev–Trinajstić information content (AvgIpc) is 3.07. The molecule has 0 aromatic carbocycles. The molecule has 3 heterocycles. The molecule has 146 valence electrons. The van der Waals surface area contributed by atoms with Crippen LogP contribution in [0.15, 0.2) is 30.7 Å². The first-order valence-electron chi connectivity index (χ1n) is 9.65. The van der Waals surface area contributed by atoms with E-state index in [-0.39, 0.29) is 6.03 Å². The van der Waals surface area contributed by atoms with Crippen molar-refractivity contribution >= 4 is 11.8 Å². The van der Waals surface area contributed by atoms with E-state index in [0.717, 1.165) is 31.5 Å². The molecular formula is C20H30N6O. The van der Waals surface area contributed by atoms with Crippen LogP contribution in [0.3, 0.4) is 0 Å². The molecule has 27 heavy (non-hydrogen) atoms. The maximum absolute atomic E-state index is 12.6. The number of pyridine rings is 1. The lowest BCUT2D eigenvalue weighted by atomic mass is 9.85. The number of carbonyl (C=O) groups is 1. The molecule has 0 spiro atoms. The van der Waals surface area contributed by atoms with Gasteiger partial charge in [0.1, 0.15) is 5.82 Å². The number of anilines is 1. The molecule has 0 bridgehead atoms. The van der Waals surface area contributed by atoms with E-state index in [1.54, 1.807) is 11.1 Å². The van der Waals surface area contributed by atoms with Gasteiger partial charge in [0.2, 0.25) is 0 Å². The molecule has 7 heteroatoms. The summed E-state index contributed by atoms with van der Waals surface area (Å²) in [5.41, 5.74) is 2.31. The van der Waals surface area contributed by atoms with Gasteiger partial charge in [0.15, 0.2) is 0 Å². The Morgan fingerprint density at radius 3 is 2.93 bits per heavy atom. The van der Waals surface area contributed by atoms with E-state index >= 15 is 0 Å². The van der Waals surface area contributed by atoms with E-state index in [9.17, 15) is 4.79 Å². The summed E-state index contributed by atoms with van der Waals surface area (Å²) in [6.07, 6.45) is 8.04. The summed E-state index contributed by atoms with van der Waals surface area (Å²) in [6, 6.07) is 3.97. The number of urea groups is 1. The molecule has 1 aliphatic rings. The first kappa shape index (κ1) is 19.4. The van der Waals surface area contributed by atoms with Crippen molar-refractivity contribution in [3.63, 3.8) is 0 Å². The van der Waals surface area contributed by atoms with Gasteiger partial charge in [0.05, 0.1) is 6.20 Å². The lowest BCUT2D eigenvalue weighted by Gasteiger charge is -2.41. The van der Waals surface area contributed by atoms with Crippen LogP contribution in [0.4, 0.5) is 10.6 Å². The highest BCUT2D eigenvalue weighted by molar-refractivity contribution is 5.88. The zero-order valence-corrected chi connectivity index (χ0v) is 16.7. The Bertz CT molecular complexity index is 773. The molecule has 0 aliphatic carbocycles. The number of piperidine rings is 1. The number of carbonyl (C=O) groups excluding carboxylic acids is 1. The predicted molar refractivity (Wildman–Crippen MR) is 107 cm³/mol. The lowest BCUT2D eigenvalue weighted by molar-refractivity contribution is 0.0828. The molecule has 1 saturated heterocycles. The SMILES string of the molecule is CCN1CCC[C@@H](CN(C)C(=O)Nc2cc(C)ccn2)[C@@H]1c1cnn(C)c1. The minimum atomic E-state index is -0.119. The number of nitrogens with zero attached hydrogens (tertiary/aromatic N) is 5. The topological polar surface area (TPSA) is 66.3 Å². The maximum atomic E-state index is 12.6. The molecule has 1 fully saturated rings. The second-order valence-electron chi connectivity index (χ2n) is 7.45. The highest BCUT2D eigenvalue weighted by Gasteiger charge is 2.34. The standard InChI is InChI=1S/C20H30N6O/c1-5-26-10-6-7-16(19(26)17-12-22-25(4)14-17)13-24(3)20(27)23-18-11-15(2)8-9-21-18/h8-9,11-12,14,16,19H,5-7,10,13H2,1-4H3,(H,21,23,27)/t16-,19+/m0/s1. The number of hydrogen-bond donors (Lipinski definition) is 1. The largest absolute Gasteiger partial charge is 0.327 e. The van der Waals surface area contributed by atoms with Crippen molar-refractivity contribution in [3.8, 4) is 0 Å². The van der Waals surface area contributed by atoms with Gasteiger partial charge in [-0.3, -0.25) is 14.9 Å². The summed E-state index contributed by atoms with van der Waals surface area (Å²) in [5, 5.41) is 7.26. The van der Waals surface area contributed by atoms with Crippen molar-refractivity contribution in [1.82, 2.24) is 24.6 Å². The van der Waals surface area contributed by atoms with Crippen LogP contribution >= 0.6 is 0 Å². The lowest BCUT2D eigenvalue weighted by Crippen LogP contribution is -2.44. The molecule has 2 aromatic heterocycles. The molecule has 0 unspecified atom stereocenters. The van der Waals surface area contributed by atoms with Crippen LogP contribution in [0.2, 0.25) is 0 Å². The first-order chi connectivity index (χ1) is 13.0. The van der Waals surface area contributed by atoms with Crippen molar-refractivity contribution in [2.75, 3.05) is 32.0 Å². The predicted octanol–water partition coefficient (Wildman–Crippen LogP) is 3.06. The van der Waals surface area contributed by atoms with E-state index in [1.165, 1.54) is 5.56 Å². The van der Waals surface area contributed by atoms with Gasteiger partial charge in [0, 0.05) is 44.6 Å². The highest BCUT2D eigenvalue weighted by atomic mass is 16.2. The van der Waals surface area contributed by atoms with Crippen LogP contribution in [0.25, 0.3) is 0 Å². The third kappa shape index (κ3) is 4.66. The van der Waals surface area contributed by atoms with Crippen molar-refractivity contribution < 1.29 is 4.79 Å². The van der Waals surface area contributed by atoms with Gasteiger partial charge in [-0.05, 0) is 56.5 Å². The fourth-order valence-electron chi connectivity index (χ4n) is 4.02. The van der Waals surface area contributed by atoms with Crippen molar-refractivity contribution in [2.45, 2.75) is 32.7 Å². The zero-order valence-electron chi connectivity index (χ0n) is 16.7. The van der Waals surface area contributed by atoms with E-state index in [0.29, 0.717) is 24.3 Å². The number of aryl methyl sites for hydroxylation is 2. The highest BCUT2D eigenvalue weighted by Crippen LogP contribution is 2.36. The van der Waals surface area contributed by atoms with Crippen LogP contribution in [0, 0.1) is 12.8 Å². The van der Waals surface area contributed by atoms with Crippen molar-refractivity contribution in [3.05, 3.63) is 41.9 Å². The smallest absolute Gasteiger partial charge is 0.322 e. The Labute approximate surface area is 161 Å². The fourth-order valence-corrected chi connectivity index (χ4v) is 4.02. The van der Waals surface area contributed by atoms with Gasteiger partial charge >= 0.3 is 6.03 Å². The van der Waals surface area contributed by atoms with Gasteiger partial charge in [-0.15, -0.1) is 0 Å². The van der Waals surface area contributed by atoms with E-state index < -0.39 is 0 Å². The molecule has 2 atom stereocenters. The summed E-state index contributed by atoms with van der Waals surface area (Å²) in [4.78, 5) is 21.1. The van der Waals surface area contributed by atoms with Gasteiger partial charge in [-0.25, -0.2) is 9.78 Å². The van der Waals surface area contributed by atoms with Crippen LogP contribution in [-0.4, -0.2) is 57.3 Å². The zero-order chi connectivity index (χ0) is 19.4. The molecule has 2 amide bonds. The minimum Gasteiger partial charge on any atom is -0.327 e. The minimum absolute atomic E-state index is 0.119. The first-order valence-corrected chi connectivity index (χ1v) is 9.65. The molecular weight excluding hydrogens is 340 g/mol. The van der Waals surface area contributed by atoms with E-state index in [1.807, 2.05) is 44.0 Å². The molecule has 3 rings (SSSR count). The van der Waals surface area contributed by atoms with Gasteiger partial charge in [0.25, 0.3) is 0 Å². The quantitative estimate of drug-likeness (QED) is 0.878. The molecule has 7 nitrogen and oxygen atoms in total. The summed E-state index contributed by atoms with van der Waals surface area (Å²) in [5.74, 6) is 0.971. The summed E-state index contributed by atoms with van der Waals surface area (Å²) < 4.78 is 1.86. The Hall–Kier alpha value is -2.41. The van der Waals surface area contributed by atoms with E-state index in [2.05, 4.69) is 33.4 Å². The second kappa shape index (κ2) is 8.52. The number of aromatic nitrogens is 3. The number of rotatable bonds is 5. The summed E-state index contributed by atoms with van der Waals surface area (Å²) in [7, 11) is 3.81. The molecule has 1 N–H and O–H groups in total. The Balaban J connectivity index is 1.70. The number of hydrogen-bond acceptors (Lipinski definition) is 4. The molecule has 2 aromatic rings. The van der Waals surface area contributed by atoms with Crippen molar-refractivity contribution in [2.24, 2.45) is 13.0 Å². The fraction of sp³-hybridized carbons (Fsp3) is 0.550. The Morgan fingerprint density at radius 2 is 2.26 bits per heavy atom. The van der Waals surface area contributed by atoms with E-state index in [4.69, 9.17) is 0 Å².